The third kappa shape index (κ3) is 4.25. The number of rotatable bonds is 7. The van der Waals surface area contributed by atoms with Gasteiger partial charge in [0.2, 0.25) is 11.8 Å². The maximum absolute atomic E-state index is 12.5. The van der Waals surface area contributed by atoms with Gasteiger partial charge in [0.15, 0.2) is 0 Å². The van der Waals surface area contributed by atoms with Crippen molar-refractivity contribution in [1.29, 1.82) is 0 Å². The minimum atomic E-state index is 0.0452. The molecule has 1 aromatic carbocycles. The van der Waals surface area contributed by atoms with Crippen molar-refractivity contribution in [3.05, 3.63) is 60.4 Å². The van der Waals surface area contributed by atoms with E-state index >= 15 is 0 Å². The highest BCUT2D eigenvalue weighted by atomic mass is 16.5. The maximum Gasteiger partial charge on any atom is 0.229 e. The molecule has 1 amide bonds. The monoisotopic (exact) mass is 299 g/mol. The van der Waals surface area contributed by atoms with Crippen molar-refractivity contribution in [3.8, 4) is 5.75 Å². The molecular weight excluding hydrogens is 278 g/mol. The molecule has 0 saturated heterocycles. The summed E-state index contributed by atoms with van der Waals surface area (Å²) in [5.41, 5.74) is 1.02. The molecule has 0 bridgehead atoms. The molecule has 0 saturated carbocycles. The summed E-state index contributed by atoms with van der Waals surface area (Å²) in [5.74, 6) is 1.41. The van der Waals surface area contributed by atoms with Crippen LogP contribution in [0.1, 0.15) is 25.3 Å². The van der Waals surface area contributed by atoms with Crippen LogP contribution < -0.4 is 9.64 Å². The summed E-state index contributed by atoms with van der Waals surface area (Å²) in [6.45, 7) is 2.43. The van der Waals surface area contributed by atoms with Crippen LogP contribution in [-0.4, -0.2) is 13.0 Å². The molecule has 22 heavy (non-hydrogen) atoms. The Balaban J connectivity index is 2.12. The molecule has 0 unspecified atom stereocenters. The zero-order valence-electron chi connectivity index (χ0n) is 13.0. The van der Waals surface area contributed by atoms with Crippen LogP contribution in [-0.2, 0) is 11.3 Å². The molecule has 0 aliphatic heterocycles. The predicted octanol–water partition coefficient (Wildman–Crippen LogP) is 4.18. The van der Waals surface area contributed by atoms with Gasteiger partial charge >= 0.3 is 0 Å². The third-order valence-corrected chi connectivity index (χ3v) is 3.33. The highest BCUT2D eigenvalue weighted by Gasteiger charge is 2.17. The van der Waals surface area contributed by atoms with Crippen LogP contribution in [0.15, 0.2) is 59.2 Å². The molecule has 0 spiro atoms. The quantitative estimate of drug-likeness (QED) is 0.720. The van der Waals surface area contributed by atoms with Crippen LogP contribution in [0.25, 0.3) is 0 Å². The Kier molecular flexibility index (Phi) is 5.83. The van der Waals surface area contributed by atoms with E-state index in [0.29, 0.717) is 18.8 Å². The lowest BCUT2D eigenvalue weighted by molar-refractivity contribution is -0.118. The van der Waals surface area contributed by atoms with Crippen molar-refractivity contribution >= 4 is 11.8 Å². The number of anilines is 1. The second-order valence-electron chi connectivity index (χ2n) is 4.89. The van der Waals surface area contributed by atoms with Crippen LogP contribution in [0, 0.1) is 0 Å². The second kappa shape index (κ2) is 8.08. The predicted molar refractivity (Wildman–Crippen MR) is 86.9 cm³/mol. The van der Waals surface area contributed by atoms with Crippen LogP contribution in [0.2, 0.25) is 0 Å². The lowest BCUT2D eigenvalue weighted by Crippen LogP contribution is -2.29. The van der Waals surface area contributed by atoms with E-state index in [4.69, 9.17) is 9.15 Å². The van der Waals surface area contributed by atoms with Crippen molar-refractivity contribution in [2.45, 2.75) is 26.3 Å². The van der Waals surface area contributed by atoms with E-state index in [2.05, 4.69) is 0 Å². The number of carbonyl (C=O) groups excluding carboxylic acids is 1. The first kappa shape index (κ1) is 15.9. The van der Waals surface area contributed by atoms with Gasteiger partial charge in [0.1, 0.15) is 5.75 Å². The van der Waals surface area contributed by atoms with Gasteiger partial charge in [0, 0.05) is 12.5 Å². The van der Waals surface area contributed by atoms with E-state index in [1.165, 1.54) is 0 Å². The summed E-state index contributed by atoms with van der Waals surface area (Å²) < 4.78 is 10.6. The highest BCUT2D eigenvalue weighted by Crippen LogP contribution is 2.21. The normalized spacial score (nSPS) is 10.8. The zero-order valence-corrected chi connectivity index (χ0v) is 13.0. The highest BCUT2D eigenvalue weighted by molar-refractivity contribution is 5.92. The zero-order chi connectivity index (χ0) is 15.8. The molecule has 4 nitrogen and oxygen atoms in total. The largest absolute Gasteiger partial charge is 0.497 e. The smallest absolute Gasteiger partial charge is 0.229 e. The van der Waals surface area contributed by atoms with Gasteiger partial charge in [0.05, 0.1) is 19.9 Å². The topological polar surface area (TPSA) is 42.7 Å². The standard InChI is InChI=1S/C18H21NO3/c1-3-4-5-7-17(20)19(18-8-6-13-22-18)14-15-9-11-16(21-2)12-10-15/h3-4,6,8-13H,5,7,14H2,1-2H3/b4-3+. The first-order valence-electron chi connectivity index (χ1n) is 7.32. The minimum Gasteiger partial charge on any atom is -0.497 e. The Hall–Kier alpha value is -2.49. The Bertz CT molecular complexity index is 600. The molecule has 0 aliphatic carbocycles. The Morgan fingerprint density at radius 1 is 1.27 bits per heavy atom. The lowest BCUT2D eigenvalue weighted by atomic mass is 10.2. The molecule has 2 rings (SSSR count). The fourth-order valence-corrected chi connectivity index (χ4v) is 2.13. The average molecular weight is 299 g/mol. The number of furan rings is 1. The molecular formula is C18H21NO3. The van der Waals surface area contributed by atoms with Crippen molar-refractivity contribution < 1.29 is 13.9 Å². The SMILES string of the molecule is C/C=C/CCC(=O)N(Cc1ccc(OC)cc1)c1ccco1. The molecule has 0 N–H and O–H groups in total. The molecule has 116 valence electrons. The van der Waals surface area contributed by atoms with Gasteiger partial charge in [0.25, 0.3) is 0 Å². The Morgan fingerprint density at radius 2 is 2.05 bits per heavy atom. The first-order chi connectivity index (χ1) is 10.7. The minimum absolute atomic E-state index is 0.0452. The van der Waals surface area contributed by atoms with Crippen LogP contribution in [0.4, 0.5) is 5.88 Å². The van der Waals surface area contributed by atoms with Gasteiger partial charge in [-0.15, -0.1) is 0 Å². The van der Waals surface area contributed by atoms with E-state index < -0.39 is 0 Å². The van der Waals surface area contributed by atoms with Crippen molar-refractivity contribution in [3.63, 3.8) is 0 Å². The number of carbonyl (C=O) groups is 1. The van der Waals surface area contributed by atoms with Crippen molar-refractivity contribution in [1.82, 2.24) is 0 Å². The fourth-order valence-electron chi connectivity index (χ4n) is 2.13. The van der Waals surface area contributed by atoms with Gasteiger partial charge in [-0.2, -0.15) is 0 Å². The summed E-state index contributed by atoms with van der Waals surface area (Å²) in [4.78, 5) is 14.1. The number of ether oxygens (including phenoxy) is 1. The van der Waals surface area contributed by atoms with Gasteiger partial charge in [-0.3, -0.25) is 9.69 Å². The van der Waals surface area contributed by atoms with Crippen molar-refractivity contribution in [2.75, 3.05) is 12.0 Å². The number of hydrogen-bond donors (Lipinski definition) is 0. The molecule has 4 heteroatoms. The van der Waals surface area contributed by atoms with E-state index in [1.807, 2.05) is 43.3 Å². The Morgan fingerprint density at radius 3 is 2.64 bits per heavy atom. The fraction of sp³-hybridized carbons (Fsp3) is 0.278. The maximum atomic E-state index is 12.5. The number of methoxy groups -OCH3 is 1. The molecule has 0 fully saturated rings. The summed E-state index contributed by atoms with van der Waals surface area (Å²) in [6.07, 6.45) is 6.71. The van der Waals surface area contributed by atoms with E-state index in [9.17, 15) is 4.79 Å². The molecule has 1 aromatic heterocycles. The van der Waals surface area contributed by atoms with Crippen LogP contribution in [0.3, 0.4) is 0 Å². The van der Waals surface area contributed by atoms with E-state index in [0.717, 1.165) is 17.7 Å². The summed E-state index contributed by atoms with van der Waals surface area (Å²) in [7, 11) is 1.63. The van der Waals surface area contributed by atoms with Gasteiger partial charge in [-0.1, -0.05) is 24.3 Å². The summed E-state index contributed by atoms with van der Waals surface area (Å²) in [6, 6.07) is 11.3. The molecule has 0 radical (unpaired) electrons. The van der Waals surface area contributed by atoms with Gasteiger partial charge in [-0.25, -0.2) is 0 Å². The number of benzene rings is 1. The summed E-state index contributed by atoms with van der Waals surface area (Å²) in [5, 5.41) is 0. The second-order valence-corrected chi connectivity index (χ2v) is 4.89. The number of nitrogens with zero attached hydrogens (tertiary/aromatic N) is 1. The molecule has 2 aromatic rings. The Labute approximate surface area is 131 Å². The first-order valence-corrected chi connectivity index (χ1v) is 7.32. The average Bonchev–Trinajstić information content (AvgIpc) is 3.07. The van der Waals surface area contributed by atoms with Crippen LogP contribution >= 0.6 is 0 Å². The number of allylic oxidation sites excluding steroid dienone is 2. The molecule has 0 atom stereocenters. The molecule has 0 aliphatic rings. The van der Waals surface area contributed by atoms with Gasteiger partial charge < -0.3 is 9.15 Å². The third-order valence-electron chi connectivity index (χ3n) is 3.33. The van der Waals surface area contributed by atoms with Crippen LogP contribution in [0.5, 0.6) is 5.75 Å². The van der Waals surface area contributed by atoms with E-state index in [1.54, 1.807) is 30.4 Å². The number of hydrogen-bond acceptors (Lipinski definition) is 3. The summed E-state index contributed by atoms with van der Waals surface area (Å²) >= 11 is 0. The van der Waals surface area contributed by atoms with Gasteiger partial charge in [-0.05, 0) is 37.1 Å². The molecule has 1 heterocycles. The number of amides is 1. The van der Waals surface area contributed by atoms with Crippen molar-refractivity contribution in [2.24, 2.45) is 0 Å². The lowest BCUT2D eigenvalue weighted by Gasteiger charge is -2.20. The van der Waals surface area contributed by atoms with E-state index in [-0.39, 0.29) is 5.91 Å².